The molecular formula is C29H24F2N8O16S5. The van der Waals surface area contributed by atoms with Gasteiger partial charge in [0.1, 0.15) is 33.7 Å². The summed E-state index contributed by atoms with van der Waals surface area (Å²) in [4.78, 5) is 5.11. The van der Waals surface area contributed by atoms with E-state index in [1.165, 1.54) is 42.5 Å². The van der Waals surface area contributed by atoms with Crippen molar-refractivity contribution in [2.75, 3.05) is 28.9 Å². The van der Waals surface area contributed by atoms with Gasteiger partial charge in [-0.2, -0.15) is 40.7 Å². The van der Waals surface area contributed by atoms with Gasteiger partial charge in [0, 0.05) is 22.5 Å². The Labute approximate surface area is 344 Å². The number of azo groups is 2. The molecule has 1 heterocycles. The number of aromatic nitrogens is 2. The Morgan fingerprint density at radius 2 is 1.50 bits per heavy atom. The van der Waals surface area contributed by atoms with E-state index in [9.17, 15) is 48.2 Å². The first-order valence-electron chi connectivity index (χ1n) is 15.6. The van der Waals surface area contributed by atoms with Gasteiger partial charge in [0.15, 0.2) is 27.9 Å². The fraction of sp³-hybridized carbons (Fsp3) is 0.103. The summed E-state index contributed by atoms with van der Waals surface area (Å²) in [6, 6.07) is 12.2. The molecule has 0 unspecified atom stereocenters. The number of anilines is 3. The van der Waals surface area contributed by atoms with Gasteiger partial charge >= 0.3 is 6.08 Å². The second-order valence-electron chi connectivity index (χ2n) is 11.1. The Kier molecular flexibility index (Phi) is 15.3. The fourth-order valence-corrected chi connectivity index (χ4v) is 7.63. The molecule has 0 aliphatic carbocycles. The van der Waals surface area contributed by atoms with Gasteiger partial charge in [-0.15, -0.1) is 24.0 Å². The smallest absolute Gasteiger partial charge is 0.313 e. The van der Waals surface area contributed by atoms with Crippen LogP contribution in [0.1, 0.15) is 0 Å². The molecule has 0 atom stereocenters. The SMILES string of the molecule is O=S(=O)(O)CNc1ccc2c(O)c(/N=N/c3ccc(S(=O)(=O)CCOSOOO)cc3)c(SOOO)cc2c1/N=N/c1cc(Nc2cc(F)nc(F)n2)ccc1S(=O)(=O)O. The summed E-state index contributed by atoms with van der Waals surface area (Å²) < 4.78 is 133. The number of hydrogen-bond acceptors (Lipinski definition) is 24. The van der Waals surface area contributed by atoms with Gasteiger partial charge < -0.3 is 15.7 Å². The molecule has 0 radical (unpaired) electrons. The summed E-state index contributed by atoms with van der Waals surface area (Å²) >= 11 is 0.464. The summed E-state index contributed by atoms with van der Waals surface area (Å²) in [6.45, 7) is -0.339. The van der Waals surface area contributed by atoms with Crippen LogP contribution in [0.2, 0.25) is 0 Å². The minimum atomic E-state index is -5.02. The fourth-order valence-electron chi connectivity index (χ4n) is 4.79. The third-order valence-corrected chi connectivity index (χ3v) is 11.3. The second-order valence-corrected chi connectivity index (χ2v) is 17.3. The molecule has 0 saturated heterocycles. The summed E-state index contributed by atoms with van der Waals surface area (Å²) in [5, 5.41) is 56.2. The molecule has 0 aliphatic heterocycles. The number of phenols is 1. The maximum Gasteiger partial charge on any atom is 0.313 e. The number of sulfone groups is 1. The standard InChI is InChI=1S/C29H24F2N8O16S5/c30-24-13-25(35-29(31)34-24)33-16-3-8-23(60(48,49)50)21(11-16)37-38-26-19-12-22(56-54-52-41)27(28(40)18(19)6-7-20(26)32-14-59(45,46)47)39-36-15-1-4-17(5-2-15)58(43,44)10-9-51-57-55-53-42/h1-8,11-13,32,40-42H,9-10,14H2,(H,33,34,35)(H,45,46,47)(H,48,49,50)/b38-37+,39-36+. The van der Waals surface area contributed by atoms with Crippen LogP contribution in [0, 0.1) is 12.0 Å². The molecular weight excluding hydrogens is 915 g/mol. The summed E-state index contributed by atoms with van der Waals surface area (Å²) in [7, 11) is -13.6. The lowest BCUT2D eigenvalue weighted by Gasteiger charge is -2.14. The van der Waals surface area contributed by atoms with Crippen LogP contribution in [0.4, 0.5) is 48.7 Å². The number of rotatable bonds is 20. The predicted molar refractivity (Wildman–Crippen MR) is 203 cm³/mol. The zero-order chi connectivity index (χ0) is 43.7. The number of fused-ring (bicyclic) bond motifs is 1. The van der Waals surface area contributed by atoms with Crippen LogP contribution in [-0.2, 0) is 53.0 Å². The number of nitrogens with zero attached hydrogens (tertiary/aromatic N) is 6. The van der Waals surface area contributed by atoms with Crippen molar-refractivity contribution >= 4 is 105 Å². The summed E-state index contributed by atoms with van der Waals surface area (Å²) in [5.74, 6) is -3.87. The Bertz CT molecular complexity index is 2750. The molecule has 0 aliphatic rings. The van der Waals surface area contributed by atoms with Crippen molar-refractivity contribution in [2.45, 2.75) is 14.7 Å². The lowest BCUT2D eigenvalue weighted by molar-refractivity contribution is -0.434. The minimum Gasteiger partial charge on any atom is -0.505 e. The van der Waals surface area contributed by atoms with Crippen molar-refractivity contribution in [2.24, 2.45) is 20.5 Å². The largest absolute Gasteiger partial charge is 0.505 e. The third-order valence-electron chi connectivity index (χ3n) is 7.24. The quantitative estimate of drug-likeness (QED) is 0.00610. The Morgan fingerprint density at radius 3 is 2.17 bits per heavy atom. The van der Waals surface area contributed by atoms with Gasteiger partial charge in [-0.3, -0.25) is 13.3 Å². The molecule has 31 heteroatoms. The molecule has 5 rings (SSSR count). The van der Waals surface area contributed by atoms with E-state index in [0.717, 1.165) is 18.2 Å². The molecule has 0 bridgehead atoms. The zero-order valence-corrected chi connectivity index (χ0v) is 33.3. The van der Waals surface area contributed by atoms with Crippen LogP contribution in [0.25, 0.3) is 10.8 Å². The van der Waals surface area contributed by atoms with Crippen LogP contribution >= 0.6 is 24.4 Å². The van der Waals surface area contributed by atoms with E-state index < -0.39 is 75.9 Å². The number of hydrogen-bond donors (Lipinski definition) is 7. The predicted octanol–water partition coefficient (Wildman–Crippen LogP) is 6.89. The van der Waals surface area contributed by atoms with Gasteiger partial charge in [0.05, 0.1) is 45.6 Å². The number of aromatic hydroxyl groups is 1. The number of nitrogens with one attached hydrogen (secondary N) is 2. The van der Waals surface area contributed by atoms with Crippen molar-refractivity contribution in [3.05, 3.63) is 78.8 Å². The third kappa shape index (κ3) is 12.5. The zero-order valence-electron chi connectivity index (χ0n) is 29.2. The van der Waals surface area contributed by atoms with E-state index in [-0.39, 0.29) is 80.0 Å². The first kappa shape index (κ1) is 45.9. The molecule has 7 N–H and O–H groups in total. The lowest BCUT2D eigenvalue weighted by atomic mass is 10.1. The van der Waals surface area contributed by atoms with Gasteiger partial charge in [-0.25, -0.2) is 18.9 Å². The van der Waals surface area contributed by atoms with Gasteiger partial charge in [0.25, 0.3) is 20.2 Å². The minimum absolute atomic E-state index is 0.0737. The van der Waals surface area contributed by atoms with E-state index in [4.69, 9.17) is 14.7 Å². The van der Waals surface area contributed by atoms with Crippen LogP contribution in [0.3, 0.4) is 0 Å². The van der Waals surface area contributed by atoms with Crippen LogP contribution in [-0.4, -0.2) is 78.2 Å². The maximum absolute atomic E-state index is 13.7. The van der Waals surface area contributed by atoms with Crippen LogP contribution in [0.15, 0.2) is 102 Å². The van der Waals surface area contributed by atoms with Crippen molar-refractivity contribution in [1.29, 1.82) is 0 Å². The molecule has 60 heavy (non-hydrogen) atoms. The number of benzene rings is 4. The molecule has 320 valence electrons. The Morgan fingerprint density at radius 1 is 0.783 bits per heavy atom. The van der Waals surface area contributed by atoms with Crippen molar-refractivity contribution in [1.82, 2.24) is 9.97 Å². The maximum atomic E-state index is 13.7. The van der Waals surface area contributed by atoms with Gasteiger partial charge in [0.2, 0.25) is 5.95 Å². The highest BCUT2D eigenvalue weighted by Crippen LogP contribution is 2.48. The highest BCUT2D eigenvalue weighted by Gasteiger charge is 2.22. The van der Waals surface area contributed by atoms with Crippen molar-refractivity contribution in [3.8, 4) is 5.75 Å². The molecule has 0 saturated carbocycles. The average Bonchev–Trinajstić information content (AvgIpc) is 3.17. The highest BCUT2D eigenvalue weighted by atomic mass is 32.2. The van der Waals surface area contributed by atoms with E-state index in [1.54, 1.807) is 0 Å². The van der Waals surface area contributed by atoms with Crippen LogP contribution in [0.5, 0.6) is 5.75 Å². The molecule has 5 aromatic rings. The number of phenolic OH excluding ortho intramolecular Hbond substituents is 1. The second kappa shape index (κ2) is 20.0. The number of halogens is 2. The Hall–Kier alpha value is -5.13. The monoisotopic (exact) mass is 938 g/mol. The summed E-state index contributed by atoms with van der Waals surface area (Å²) in [6.07, 6.45) is -1.43. The molecule has 4 aromatic carbocycles. The topological polar surface area (TPSA) is 349 Å². The van der Waals surface area contributed by atoms with E-state index in [1.807, 2.05) is 0 Å². The van der Waals surface area contributed by atoms with E-state index in [2.05, 4.69) is 59.8 Å². The lowest BCUT2D eigenvalue weighted by Crippen LogP contribution is -2.13. The normalized spacial score (nSPS) is 12.5. The highest BCUT2D eigenvalue weighted by molar-refractivity contribution is 7.94. The van der Waals surface area contributed by atoms with Crippen molar-refractivity contribution in [3.63, 3.8) is 0 Å². The average molecular weight is 939 g/mol. The first-order chi connectivity index (χ1) is 28.4. The van der Waals surface area contributed by atoms with Gasteiger partial charge in [-0.1, -0.05) is 10.1 Å². The molecule has 0 amide bonds. The van der Waals surface area contributed by atoms with Crippen molar-refractivity contribution < 1.29 is 81.7 Å². The van der Waals surface area contributed by atoms with Gasteiger partial charge in [-0.05, 0) is 60.7 Å². The summed E-state index contributed by atoms with van der Waals surface area (Å²) in [5.41, 5.74) is -1.48. The molecule has 0 spiro atoms. The first-order valence-corrected chi connectivity index (χ1v) is 21.7. The molecule has 24 nitrogen and oxygen atoms in total. The van der Waals surface area contributed by atoms with E-state index >= 15 is 0 Å². The van der Waals surface area contributed by atoms with Crippen LogP contribution < -0.4 is 10.6 Å². The molecule has 0 fully saturated rings. The molecule has 1 aromatic heterocycles. The Balaban J connectivity index is 1.58. The van der Waals surface area contributed by atoms with E-state index in [0.29, 0.717) is 6.07 Å².